The standard InChI is InChI=1S/C19H18ClNO2S/c1-23-16-11-9-15(10-12-16)21-17(19(20,24-2)18(21)22)13-8-14-6-4-3-5-7-14/h3-13,17H,1-2H3/b13-8+/t17-,19+/m1/s1. The van der Waals surface area contributed by atoms with Gasteiger partial charge >= 0.3 is 0 Å². The third kappa shape index (κ3) is 2.92. The van der Waals surface area contributed by atoms with Crippen LogP contribution in [-0.4, -0.2) is 29.5 Å². The number of β-lactam (4-membered cyclic amide) rings is 1. The first-order chi connectivity index (χ1) is 11.6. The van der Waals surface area contributed by atoms with Crippen LogP contribution in [-0.2, 0) is 4.79 Å². The zero-order valence-corrected chi connectivity index (χ0v) is 15.1. The van der Waals surface area contributed by atoms with Crippen molar-refractivity contribution in [1.29, 1.82) is 0 Å². The van der Waals surface area contributed by atoms with Crippen LogP contribution < -0.4 is 9.64 Å². The SMILES string of the molecule is COc1ccc(N2C(=O)[C@@](Cl)(SC)[C@H]2/C=C/c2ccccc2)cc1. The predicted molar refractivity (Wildman–Crippen MR) is 102 cm³/mol. The maximum Gasteiger partial charge on any atom is 0.261 e. The minimum absolute atomic E-state index is 0.0930. The highest BCUT2D eigenvalue weighted by Gasteiger charge is 2.59. The summed E-state index contributed by atoms with van der Waals surface area (Å²) < 4.78 is 4.22. The zero-order valence-electron chi connectivity index (χ0n) is 13.5. The second kappa shape index (κ2) is 6.91. The van der Waals surface area contributed by atoms with Gasteiger partial charge in [0, 0.05) is 5.69 Å². The van der Waals surface area contributed by atoms with E-state index in [2.05, 4.69) is 0 Å². The Bertz CT molecular complexity index is 748. The summed E-state index contributed by atoms with van der Waals surface area (Å²) in [5.74, 6) is 0.662. The van der Waals surface area contributed by atoms with E-state index in [1.807, 2.05) is 73.0 Å². The van der Waals surface area contributed by atoms with Crippen LogP contribution in [0, 0.1) is 0 Å². The van der Waals surface area contributed by atoms with Crippen LogP contribution in [0.2, 0.25) is 0 Å². The normalized spacial score (nSPS) is 23.4. The third-order valence-electron chi connectivity index (χ3n) is 4.09. The number of carbonyl (C=O) groups excluding carboxylic acids is 1. The molecule has 1 heterocycles. The molecule has 2 atom stereocenters. The van der Waals surface area contributed by atoms with Gasteiger partial charge in [-0.2, -0.15) is 0 Å². The molecule has 0 unspecified atom stereocenters. The lowest BCUT2D eigenvalue weighted by Crippen LogP contribution is -2.69. The number of nitrogens with zero attached hydrogens (tertiary/aromatic N) is 1. The van der Waals surface area contributed by atoms with E-state index in [0.717, 1.165) is 17.0 Å². The van der Waals surface area contributed by atoms with Crippen LogP contribution in [0.15, 0.2) is 60.7 Å². The Balaban J connectivity index is 1.89. The molecule has 1 saturated heterocycles. The summed E-state index contributed by atoms with van der Waals surface area (Å²) >= 11 is 7.94. The van der Waals surface area contributed by atoms with Crippen molar-refractivity contribution in [2.24, 2.45) is 0 Å². The highest BCUT2D eigenvalue weighted by Crippen LogP contribution is 2.48. The molecule has 2 aromatic rings. The monoisotopic (exact) mass is 359 g/mol. The molecule has 1 aliphatic heterocycles. The van der Waals surface area contributed by atoms with Crippen LogP contribution in [0.1, 0.15) is 5.56 Å². The van der Waals surface area contributed by atoms with Crippen molar-refractivity contribution >= 4 is 41.0 Å². The Kier molecular flexibility index (Phi) is 4.88. The molecule has 0 bridgehead atoms. The second-order valence-electron chi connectivity index (χ2n) is 5.44. The van der Waals surface area contributed by atoms with E-state index in [0.29, 0.717) is 0 Å². The molecule has 0 saturated carbocycles. The van der Waals surface area contributed by atoms with Crippen molar-refractivity contribution in [3.8, 4) is 5.75 Å². The summed E-state index contributed by atoms with van der Waals surface area (Å²) in [5, 5.41) is 0. The van der Waals surface area contributed by atoms with E-state index in [-0.39, 0.29) is 11.9 Å². The summed E-state index contributed by atoms with van der Waals surface area (Å²) in [6.45, 7) is 0. The Morgan fingerprint density at radius 2 is 1.83 bits per heavy atom. The number of ether oxygens (including phenoxy) is 1. The molecule has 1 aliphatic rings. The van der Waals surface area contributed by atoms with Crippen molar-refractivity contribution < 1.29 is 9.53 Å². The largest absolute Gasteiger partial charge is 0.497 e. The number of alkyl halides is 1. The molecular weight excluding hydrogens is 342 g/mol. The fraction of sp³-hybridized carbons (Fsp3) is 0.211. The van der Waals surface area contributed by atoms with Gasteiger partial charge in [0.15, 0.2) is 4.21 Å². The number of benzene rings is 2. The number of hydrogen-bond acceptors (Lipinski definition) is 3. The lowest BCUT2D eigenvalue weighted by Gasteiger charge is -2.50. The number of rotatable bonds is 5. The maximum atomic E-state index is 12.6. The van der Waals surface area contributed by atoms with E-state index in [1.165, 1.54) is 11.8 Å². The summed E-state index contributed by atoms with van der Waals surface area (Å²) in [7, 11) is 1.62. The number of methoxy groups -OCH3 is 1. The molecule has 2 aromatic carbocycles. The Morgan fingerprint density at radius 1 is 1.17 bits per heavy atom. The third-order valence-corrected chi connectivity index (χ3v) is 5.95. The molecule has 0 radical (unpaired) electrons. The summed E-state index contributed by atoms with van der Waals surface area (Å²) in [5.41, 5.74) is 1.89. The molecule has 0 N–H and O–H groups in total. The highest BCUT2D eigenvalue weighted by molar-refractivity contribution is 8.02. The molecular formula is C19H18ClNO2S. The predicted octanol–water partition coefficient (Wildman–Crippen LogP) is 4.42. The zero-order chi connectivity index (χ0) is 17.2. The molecule has 24 heavy (non-hydrogen) atoms. The molecule has 3 nitrogen and oxygen atoms in total. The number of anilines is 1. The van der Waals surface area contributed by atoms with Crippen LogP contribution in [0.4, 0.5) is 5.69 Å². The molecule has 124 valence electrons. The van der Waals surface area contributed by atoms with Crippen molar-refractivity contribution in [3.05, 3.63) is 66.2 Å². The van der Waals surface area contributed by atoms with Gasteiger partial charge in [0.25, 0.3) is 5.91 Å². The van der Waals surface area contributed by atoms with E-state index in [9.17, 15) is 4.79 Å². The van der Waals surface area contributed by atoms with E-state index < -0.39 is 4.21 Å². The Hall–Kier alpha value is -1.91. The van der Waals surface area contributed by atoms with E-state index >= 15 is 0 Å². The van der Waals surface area contributed by atoms with E-state index in [1.54, 1.807) is 12.0 Å². The molecule has 0 aromatic heterocycles. The topological polar surface area (TPSA) is 29.5 Å². The number of thioether (sulfide) groups is 1. The first-order valence-corrected chi connectivity index (χ1v) is 9.15. The summed E-state index contributed by atoms with van der Waals surface area (Å²) in [6.07, 6.45) is 5.85. The average Bonchev–Trinajstić information content (AvgIpc) is 2.65. The first-order valence-electron chi connectivity index (χ1n) is 7.55. The van der Waals surface area contributed by atoms with Gasteiger partial charge in [-0.25, -0.2) is 0 Å². The van der Waals surface area contributed by atoms with Gasteiger partial charge in [-0.1, -0.05) is 54.1 Å². The van der Waals surface area contributed by atoms with Crippen molar-refractivity contribution in [3.63, 3.8) is 0 Å². The van der Waals surface area contributed by atoms with Crippen molar-refractivity contribution in [1.82, 2.24) is 0 Å². The van der Waals surface area contributed by atoms with Gasteiger partial charge in [-0.05, 0) is 36.1 Å². The maximum absolute atomic E-state index is 12.6. The van der Waals surface area contributed by atoms with Crippen molar-refractivity contribution in [2.75, 3.05) is 18.3 Å². The minimum atomic E-state index is -0.953. The first kappa shape index (κ1) is 16.9. The number of amides is 1. The second-order valence-corrected chi connectivity index (χ2v) is 7.31. The Morgan fingerprint density at radius 3 is 2.42 bits per heavy atom. The van der Waals surface area contributed by atoms with Gasteiger partial charge < -0.3 is 4.74 Å². The van der Waals surface area contributed by atoms with E-state index in [4.69, 9.17) is 16.3 Å². The molecule has 1 amide bonds. The highest BCUT2D eigenvalue weighted by atomic mass is 35.5. The molecule has 1 fully saturated rings. The molecule has 0 spiro atoms. The quantitative estimate of drug-likeness (QED) is 0.584. The van der Waals surface area contributed by atoms with Gasteiger partial charge in [-0.15, -0.1) is 11.8 Å². The average molecular weight is 360 g/mol. The minimum Gasteiger partial charge on any atom is -0.497 e. The summed E-state index contributed by atoms with van der Waals surface area (Å²) in [6, 6.07) is 17.2. The van der Waals surface area contributed by atoms with Crippen LogP contribution in [0.3, 0.4) is 0 Å². The Labute approximate surface area is 151 Å². The smallest absolute Gasteiger partial charge is 0.261 e. The van der Waals surface area contributed by atoms with Gasteiger partial charge in [0.05, 0.1) is 13.2 Å². The van der Waals surface area contributed by atoms with Crippen LogP contribution >= 0.6 is 23.4 Å². The molecule has 0 aliphatic carbocycles. The fourth-order valence-electron chi connectivity index (χ4n) is 2.72. The number of hydrogen-bond donors (Lipinski definition) is 0. The molecule has 5 heteroatoms. The molecule has 3 rings (SSSR count). The van der Waals surface area contributed by atoms with Crippen LogP contribution in [0.5, 0.6) is 5.75 Å². The van der Waals surface area contributed by atoms with Crippen LogP contribution in [0.25, 0.3) is 6.08 Å². The number of carbonyl (C=O) groups is 1. The lowest BCUT2D eigenvalue weighted by molar-refractivity contribution is -0.124. The fourth-order valence-corrected chi connectivity index (χ4v) is 3.68. The summed E-state index contributed by atoms with van der Waals surface area (Å²) in [4.78, 5) is 14.3. The van der Waals surface area contributed by atoms with Gasteiger partial charge in [-0.3, -0.25) is 9.69 Å². The van der Waals surface area contributed by atoms with Crippen molar-refractivity contribution in [2.45, 2.75) is 10.2 Å². The lowest BCUT2D eigenvalue weighted by atomic mass is 9.97. The van der Waals surface area contributed by atoms with Gasteiger partial charge in [0.1, 0.15) is 5.75 Å². The van der Waals surface area contributed by atoms with Gasteiger partial charge in [0.2, 0.25) is 0 Å². The number of halogens is 1.